The van der Waals surface area contributed by atoms with Crippen LogP contribution in [-0.2, 0) is 4.79 Å². The lowest BCUT2D eigenvalue weighted by molar-refractivity contribution is -0.655. The van der Waals surface area contributed by atoms with Gasteiger partial charge in [-0.05, 0) is 0 Å². The fraction of sp³-hybridized carbons (Fsp3) is 0.889. The summed E-state index contributed by atoms with van der Waals surface area (Å²) in [6, 6.07) is 0. The average Bonchev–Trinajstić information content (AvgIpc) is 2.09. The minimum Gasteiger partial charge on any atom is -0.358 e. The fourth-order valence-corrected chi connectivity index (χ4v) is 1.12. The smallest absolute Gasteiger partial charge is 0.216 e. The van der Waals surface area contributed by atoms with E-state index in [4.69, 9.17) is 0 Å². The van der Waals surface area contributed by atoms with E-state index in [-0.39, 0.29) is 5.91 Å². The van der Waals surface area contributed by atoms with Gasteiger partial charge in [-0.15, -0.1) is 0 Å². The maximum atomic E-state index is 10.5. The van der Waals surface area contributed by atoms with Gasteiger partial charge in [0.25, 0.3) is 0 Å². The Morgan fingerprint density at radius 1 is 1.31 bits per heavy atom. The minimum absolute atomic E-state index is 0.0667. The summed E-state index contributed by atoms with van der Waals surface area (Å²) in [5.41, 5.74) is 3.79. The number of unbranched alkanes of at least 4 members (excludes halogenated alkanes) is 1. The molecule has 0 spiro atoms. The molecule has 0 unspecified atom stereocenters. The van der Waals surface area contributed by atoms with Crippen molar-refractivity contribution in [1.82, 2.24) is 5.32 Å². The monoisotopic (exact) mass is 189 g/mol. The number of amides is 1. The van der Waals surface area contributed by atoms with Crippen LogP contribution in [-0.4, -0.2) is 32.1 Å². The SMILES string of the molecule is CC(=O)NCCC[NH2+]CCCC[NH3+]. The van der Waals surface area contributed by atoms with Crippen LogP contribution in [0.1, 0.15) is 26.2 Å². The van der Waals surface area contributed by atoms with Gasteiger partial charge in [0, 0.05) is 32.7 Å². The highest BCUT2D eigenvalue weighted by molar-refractivity contribution is 5.72. The topological polar surface area (TPSA) is 73.3 Å². The summed E-state index contributed by atoms with van der Waals surface area (Å²) in [5, 5.41) is 5.08. The van der Waals surface area contributed by atoms with Gasteiger partial charge in [0.05, 0.1) is 19.6 Å². The van der Waals surface area contributed by atoms with E-state index in [0.29, 0.717) is 0 Å². The van der Waals surface area contributed by atoms with Gasteiger partial charge in [0.15, 0.2) is 0 Å². The Hall–Kier alpha value is -0.610. The predicted molar refractivity (Wildman–Crippen MR) is 51.9 cm³/mol. The molecule has 0 saturated carbocycles. The van der Waals surface area contributed by atoms with Crippen LogP contribution in [0, 0.1) is 0 Å². The van der Waals surface area contributed by atoms with Gasteiger partial charge in [-0.2, -0.15) is 0 Å². The van der Waals surface area contributed by atoms with E-state index in [1.807, 2.05) is 0 Å². The molecule has 0 fully saturated rings. The summed E-state index contributed by atoms with van der Waals surface area (Å²) in [5.74, 6) is 0.0667. The van der Waals surface area contributed by atoms with E-state index in [2.05, 4.69) is 16.4 Å². The molecular formula is C9H23N3O+2. The van der Waals surface area contributed by atoms with Crippen LogP contribution >= 0.6 is 0 Å². The van der Waals surface area contributed by atoms with Gasteiger partial charge in [0.1, 0.15) is 0 Å². The first kappa shape index (κ1) is 12.4. The van der Waals surface area contributed by atoms with Crippen LogP contribution in [0.5, 0.6) is 0 Å². The molecule has 78 valence electrons. The number of nitrogens with one attached hydrogen (secondary N) is 1. The molecule has 0 atom stereocenters. The molecule has 0 saturated heterocycles. The van der Waals surface area contributed by atoms with Gasteiger partial charge in [-0.25, -0.2) is 0 Å². The second-order valence-corrected chi connectivity index (χ2v) is 3.26. The van der Waals surface area contributed by atoms with Crippen molar-refractivity contribution >= 4 is 5.91 Å². The van der Waals surface area contributed by atoms with E-state index >= 15 is 0 Å². The molecule has 0 radical (unpaired) electrons. The van der Waals surface area contributed by atoms with E-state index < -0.39 is 0 Å². The zero-order valence-corrected chi connectivity index (χ0v) is 8.64. The van der Waals surface area contributed by atoms with Gasteiger partial charge in [-0.1, -0.05) is 0 Å². The molecule has 0 heterocycles. The number of rotatable bonds is 8. The summed E-state index contributed by atoms with van der Waals surface area (Å²) in [7, 11) is 0. The first-order valence-electron chi connectivity index (χ1n) is 5.12. The lowest BCUT2D eigenvalue weighted by Gasteiger charge is -2.01. The molecular weight excluding hydrogens is 166 g/mol. The third kappa shape index (κ3) is 11.4. The summed E-state index contributed by atoms with van der Waals surface area (Å²) >= 11 is 0. The first-order chi connectivity index (χ1) is 6.27. The van der Waals surface area contributed by atoms with E-state index in [9.17, 15) is 4.79 Å². The third-order valence-electron chi connectivity index (χ3n) is 1.87. The second-order valence-electron chi connectivity index (χ2n) is 3.26. The number of quaternary nitrogens is 2. The molecule has 0 aliphatic rings. The fourth-order valence-electron chi connectivity index (χ4n) is 1.12. The van der Waals surface area contributed by atoms with Crippen molar-refractivity contribution in [2.24, 2.45) is 0 Å². The highest BCUT2D eigenvalue weighted by Crippen LogP contribution is 1.77. The van der Waals surface area contributed by atoms with Crippen LogP contribution < -0.4 is 16.4 Å². The maximum Gasteiger partial charge on any atom is 0.216 e. The summed E-state index contributed by atoms with van der Waals surface area (Å²) < 4.78 is 0. The van der Waals surface area contributed by atoms with Crippen molar-refractivity contribution in [3.05, 3.63) is 0 Å². The second kappa shape index (κ2) is 9.48. The molecule has 0 aromatic carbocycles. The molecule has 0 rings (SSSR count). The molecule has 0 aromatic rings. The van der Waals surface area contributed by atoms with Crippen molar-refractivity contribution in [1.29, 1.82) is 0 Å². The Labute approximate surface area is 80.3 Å². The van der Waals surface area contributed by atoms with E-state index in [1.165, 1.54) is 19.4 Å². The molecule has 0 bridgehead atoms. The van der Waals surface area contributed by atoms with Crippen LogP contribution in [0.2, 0.25) is 0 Å². The molecule has 0 aliphatic heterocycles. The van der Waals surface area contributed by atoms with Crippen LogP contribution in [0.25, 0.3) is 0 Å². The molecule has 6 N–H and O–H groups in total. The standard InChI is InChI=1S/C9H21N3O/c1-9(13)12-8-4-7-11-6-3-2-5-10/h11H,2-8,10H2,1H3,(H,12,13)/p+2. The first-order valence-corrected chi connectivity index (χ1v) is 5.12. The van der Waals surface area contributed by atoms with Crippen molar-refractivity contribution < 1.29 is 15.8 Å². The summed E-state index contributed by atoms with van der Waals surface area (Å²) in [4.78, 5) is 10.5. The lowest BCUT2D eigenvalue weighted by Crippen LogP contribution is -2.84. The van der Waals surface area contributed by atoms with Crippen molar-refractivity contribution in [3.8, 4) is 0 Å². The largest absolute Gasteiger partial charge is 0.358 e. The number of nitrogens with two attached hydrogens (primary N) is 1. The maximum absolute atomic E-state index is 10.5. The summed E-state index contributed by atoms with van der Waals surface area (Å²) in [6.07, 6.45) is 3.54. The number of carbonyl (C=O) groups excluding carboxylic acids is 1. The molecule has 0 aliphatic carbocycles. The Kier molecular flexibility index (Phi) is 9.03. The molecule has 0 aromatic heterocycles. The van der Waals surface area contributed by atoms with Gasteiger partial charge < -0.3 is 16.4 Å². The Morgan fingerprint density at radius 2 is 2.00 bits per heavy atom. The molecule has 1 amide bonds. The quantitative estimate of drug-likeness (QED) is 0.383. The lowest BCUT2D eigenvalue weighted by atomic mass is 10.3. The van der Waals surface area contributed by atoms with Crippen molar-refractivity contribution in [2.75, 3.05) is 26.2 Å². The van der Waals surface area contributed by atoms with Gasteiger partial charge >= 0.3 is 0 Å². The molecule has 4 heteroatoms. The van der Waals surface area contributed by atoms with E-state index in [0.717, 1.165) is 26.1 Å². The van der Waals surface area contributed by atoms with Crippen molar-refractivity contribution in [3.63, 3.8) is 0 Å². The predicted octanol–water partition coefficient (Wildman–Crippen LogP) is -1.90. The van der Waals surface area contributed by atoms with Crippen LogP contribution in [0.15, 0.2) is 0 Å². The number of hydrogen-bond donors (Lipinski definition) is 3. The molecule has 13 heavy (non-hydrogen) atoms. The van der Waals surface area contributed by atoms with Crippen LogP contribution in [0.4, 0.5) is 0 Å². The third-order valence-corrected chi connectivity index (χ3v) is 1.87. The Bertz CT molecular complexity index is 128. The normalized spacial score (nSPS) is 10.0. The van der Waals surface area contributed by atoms with E-state index in [1.54, 1.807) is 6.92 Å². The Morgan fingerprint density at radius 3 is 2.62 bits per heavy atom. The van der Waals surface area contributed by atoms with Crippen LogP contribution in [0.3, 0.4) is 0 Å². The average molecular weight is 189 g/mol. The zero-order chi connectivity index (χ0) is 9.94. The Balaban J connectivity index is 2.87. The highest BCUT2D eigenvalue weighted by atomic mass is 16.1. The zero-order valence-electron chi connectivity index (χ0n) is 8.64. The van der Waals surface area contributed by atoms with Crippen molar-refractivity contribution in [2.45, 2.75) is 26.2 Å². The number of hydrogen-bond acceptors (Lipinski definition) is 1. The summed E-state index contributed by atoms with van der Waals surface area (Å²) in [6.45, 7) is 5.70. The van der Waals surface area contributed by atoms with Gasteiger partial charge in [0.2, 0.25) is 5.91 Å². The molecule has 4 nitrogen and oxygen atoms in total. The number of carbonyl (C=O) groups is 1. The minimum atomic E-state index is 0.0667. The highest BCUT2D eigenvalue weighted by Gasteiger charge is 1.93. The van der Waals surface area contributed by atoms with Gasteiger partial charge in [-0.3, -0.25) is 4.79 Å².